The summed E-state index contributed by atoms with van der Waals surface area (Å²) in [6.07, 6.45) is 7.43. The number of rotatable bonds is 12. The number of aliphatic carboxylic acids is 1. The van der Waals surface area contributed by atoms with E-state index in [1.807, 2.05) is 6.07 Å². The van der Waals surface area contributed by atoms with Gasteiger partial charge in [0, 0.05) is 18.8 Å². The Balaban J connectivity index is 1.41. The van der Waals surface area contributed by atoms with Gasteiger partial charge in [0.2, 0.25) is 0 Å². The molecule has 1 aromatic carbocycles. The van der Waals surface area contributed by atoms with E-state index in [4.69, 9.17) is 0 Å². The maximum atomic E-state index is 13.7. The lowest BCUT2D eigenvalue weighted by molar-refractivity contribution is -0.138. The molecule has 0 bridgehead atoms. The fourth-order valence-electron chi connectivity index (χ4n) is 5.18. The molecule has 0 unspecified atom stereocenters. The van der Waals surface area contributed by atoms with Gasteiger partial charge in [0.1, 0.15) is 21.3 Å². The largest absolute Gasteiger partial charge is 0.480 e. The molecule has 1 heterocycles. The predicted molar refractivity (Wildman–Crippen MR) is 147 cm³/mol. The quantitative estimate of drug-likeness (QED) is 0.327. The normalized spacial score (nSPS) is 21.0. The number of ketones is 2. The van der Waals surface area contributed by atoms with Gasteiger partial charge in [0.05, 0.1) is 27.0 Å². The molecule has 0 spiro atoms. The van der Waals surface area contributed by atoms with Crippen LogP contribution in [-0.4, -0.2) is 46.0 Å². The van der Waals surface area contributed by atoms with Crippen LogP contribution in [-0.2, 0) is 30.6 Å². The third kappa shape index (κ3) is 6.07. The van der Waals surface area contributed by atoms with Crippen LogP contribution in [0.5, 0.6) is 0 Å². The summed E-state index contributed by atoms with van der Waals surface area (Å²) in [5.41, 5.74) is 1.67. The fourth-order valence-corrected chi connectivity index (χ4v) is 9.54. The second kappa shape index (κ2) is 10.5. The molecule has 3 aliphatic carbocycles. The predicted octanol–water partition coefficient (Wildman–Crippen LogP) is 5.57. The van der Waals surface area contributed by atoms with Crippen LogP contribution in [0.4, 0.5) is 0 Å². The van der Waals surface area contributed by atoms with Crippen molar-refractivity contribution in [3.05, 3.63) is 40.5 Å². The molecule has 5 rings (SSSR count). The molecule has 0 aliphatic heterocycles. The van der Waals surface area contributed by atoms with Gasteiger partial charge in [-0.1, -0.05) is 23.9 Å². The van der Waals surface area contributed by atoms with E-state index in [0.29, 0.717) is 42.0 Å². The Morgan fingerprint density at radius 2 is 1.92 bits per heavy atom. The Labute approximate surface area is 231 Å². The van der Waals surface area contributed by atoms with Crippen LogP contribution in [0.2, 0.25) is 0 Å². The molecule has 1 N–H and O–H groups in total. The maximum absolute atomic E-state index is 13.7. The third-order valence-electron chi connectivity index (χ3n) is 7.76. The van der Waals surface area contributed by atoms with Crippen LogP contribution in [0.25, 0.3) is 0 Å². The average molecular weight is 576 g/mol. The summed E-state index contributed by atoms with van der Waals surface area (Å²) in [6, 6.07) is 5.46. The smallest absolute Gasteiger partial charge is 0.319 e. The highest BCUT2D eigenvalue weighted by atomic mass is 32.2. The topological polar surface area (TPSA) is 118 Å². The van der Waals surface area contributed by atoms with Crippen molar-refractivity contribution in [1.82, 2.24) is 4.98 Å². The number of carbonyl (C=O) groups excluding carboxylic acids is 2. The highest BCUT2D eigenvalue weighted by molar-refractivity contribution is 8.03. The monoisotopic (exact) mass is 575 g/mol. The molecule has 0 amide bonds. The van der Waals surface area contributed by atoms with Gasteiger partial charge in [-0.2, -0.15) is 0 Å². The van der Waals surface area contributed by atoms with E-state index in [0.717, 1.165) is 34.6 Å². The number of hydrogen-bond acceptors (Lipinski definition) is 8. The van der Waals surface area contributed by atoms with Crippen molar-refractivity contribution in [2.24, 2.45) is 5.92 Å². The van der Waals surface area contributed by atoms with Gasteiger partial charge >= 0.3 is 5.97 Å². The SMILES string of the molecule is CC(C)(Sc1cnc(CC(=O)[C@H](C[C@H]2CCC(=O)C2)c2ccc(S(=O)(=O)C3CC3)c(C3CC3)c2)s1)C(=O)O. The lowest BCUT2D eigenvalue weighted by atomic mass is 9.83. The summed E-state index contributed by atoms with van der Waals surface area (Å²) in [7, 11) is -3.34. The van der Waals surface area contributed by atoms with Gasteiger partial charge in [-0.15, -0.1) is 11.3 Å². The second-order valence-electron chi connectivity index (χ2n) is 11.4. The van der Waals surface area contributed by atoms with Crippen molar-refractivity contribution < 1.29 is 27.9 Å². The minimum atomic E-state index is -3.34. The number of sulfone groups is 1. The molecule has 204 valence electrons. The summed E-state index contributed by atoms with van der Waals surface area (Å²) in [5, 5.41) is 9.77. The second-order valence-corrected chi connectivity index (χ2v) is 16.6. The number of thioether (sulfide) groups is 1. The number of benzene rings is 1. The van der Waals surface area contributed by atoms with E-state index in [2.05, 4.69) is 4.98 Å². The molecule has 7 nitrogen and oxygen atoms in total. The molecule has 3 saturated carbocycles. The first-order chi connectivity index (χ1) is 17.9. The first-order valence-corrected chi connectivity index (χ1v) is 16.4. The van der Waals surface area contributed by atoms with Gasteiger partial charge in [-0.05, 0) is 81.4 Å². The molecule has 1 aromatic heterocycles. The van der Waals surface area contributed by atoms with Crippen molar-refractivity contribution in [1.29, 1.82) is 0 Å². The Kier molecular flexibility index (Phi) is 7.61. The van der Waals surface area contributed by atoms with Crippen LogP contribution < -0.4 is 0 Å². The molecular formula is C28H33NO6S3. The van der Waals surface area contributed by atoms with Gasteiger partial charge in [-0.3, -0.25) is 14.4 Å². The van der Waals surface area contributed by atoms with Crippen molar-refractivity contribution in [3.8, 4) is 0 Å². The number of carboxylic acids is 1. The molecule has 2 aromatic rings. The molecule has 10 heteroatoms. The van der Waals surface area contributed by atoms with E-state index in [1.165, 1.54) is 23.1 Å². The van der Waals surface area contributed by atoms with E-state index in [9.17, 15) is 27.9 Å². The number of carbonyl (C=O) groups is 3. The molecule has 38 heavy (non-hydrogen) atoms. The number of nitrogens with zero attached hydrogens (tertiary/aromatic N) is 1. The van der Waals surface area contributed by atoms with Crippen LogP contribution in [0.3, 0.4) is 0 Å². The first kappa shape index (κ1) is 27.5. The van der Waals surface area contributed by atoms with Crippen LogP contribution in [0, 0.1) is 5.92 Å². The molecule has 0 radical (unpaired) electrons. The Hall–Kier alpha value is -2.04. The Bertz CT molecular complexity index is 1370. The molecular weight excluding hydrogens is 543 g/mol. The zero-order valence-electron chi connectivity index (χ0n) is 21.6. The molecule has 3 aliphatic rings. The number of hydrogen-bond donors (Lipinski definition) is 1. The number of aromatic nitrogens is 1. The van der Waals surface area contributed by atoms with Crippen LogP contribution in [0.1, 0.15) is 93.2 Å². The lowest BCUT2D eigenvalue weighted by Gasteiger charge is -2.21. The number of Topliss-reactive ketones (excluding diaryl/α,β-unsaturated/α-hetero) is 2. The zero-order chi connectivity index (χ0) is 27.2. The maximum Gasteiger partial charge on any atom is 0.319 e. The third-order valence-corrected chi connectivity index (χ3v) is 12.4. The van der Waals surface area contributed by atoms with E-state index in [1.54, 1.807) is 32.2 Å². The summed E-state index contributed by atoms with van der Waals surface area (Å²) in [6.45, 7) is 3.27. The minimum absolute atomic E-state index is 0.00714. The van der Waals surface area contributed by atoms with Crippen molar-refractivity contribution in [3.63, 3.8) is 0 Å². The van der Waals surface area contributed by atoms with Gasteiger partial charge in [0.25, 0.3) is 0 Å². The summed E-state index contributed by atoms with van der Waals surface area (Å²) in [4.78, 5) is 42.0. The van der Waals surface area contributed by atoms with E-state index < -0.39 is 26.5 Å². The van der Waals surface area contributed by atoms with Crippen molar-refractivity contribution in [2.75, 3.05) is 0 Å². The lowest BCUT2D eigenvalue weighted by Crippen LogP contribution is -2.26. The van der Waals surface area contributed by atoms with Crippen LogP contribution in [0.15, 0.2) is 33.5 Å². The summed E-state index contributed by atoms with van der Waals surface area (Å²) >= 11 is 2.54. The standard InChI is InChI=1S/C28H33NO6S3/c1-28(2,27(32)33)37-26-15-29-25(36-26)14-23(31)21(12-16-3-7-19(30)11-16)18-6-10-24(22(13-18)17-4-5-17)38(34,35)20-8-9-20/h6,10,13,15-17,20-21H,3-5,7-9,11-12,14H2,1-2H3,(H,32,33)/t16-,21+/m0/s1. The van der Waals surface area contributed by atoms with E-state index in [-0.39, 0.29) is 35.1 Å². The zero-order valence-corrected chi connectivity index (χ0v) is 24.1. The average Bonchev–Trinajstić information content (AvgIpc) is 3.78. The minimum Gasteiger partial charge on any atom is -0.480 e. The molecule has 0 saturated heterocycles. The van der Waals surface area contributed by atoms with Gasteiger partial charge in [0.15, 0.2) is 9.84 Å². The highest BCUT2D eigenvalue weighted by Gasteiger charge is 2.41. The van der Waals surface area contributed by atoms with Crippen molar-refractivity contribution >= 4 is 50.5 Å². The Morgan fingerprint density at radius 1 is 1.18 bits per heavy atom. The van der Waals surface area contributed by atoms with Crippen molar-refractivity contribution in [2.45, 2.75) is 103 Å². The van der Waals surface area contributed by atoms with E-state index >= 15 is 0 Å². The number of carboxylic acid groups (broad SMARTS) is 1. The summed E-state index contributed by atoms with van der Waals surface area (Å²) in [5.74, 6) is -0.788. The fraction of sp³-hybridized carbons (Fsp3) is 0.571. The Morgan fingerprint density at radius 3 is 2.53 bits per heavy atom. The molecule has 3 fully saturated rings. The molecule has 2 atom stereocenters. The van der Waals surface area contributed by atoms with Gasteiger partial charge < -0.3 is 5.11 Å². The number of thiazole rings is 1. The highest BCUT2D eigenvalue weighted by Crippen LogP contribution is 2.47. The first-order valence-electron chi connectivity index (χ1n) is 13.2. The van der Waals surface area contributed by atoms with Crippen LogP contribution >= 0.6 is 23.1 Å². The van der Waals surface area contributed by atoms with Gasteiger partial charge in [-0.25, -0.2) is 13.4 Å². The summed E-state index contributed by atoms with van der Waals surface area (Å²) < 4.78 is 26.0.